The molecule has 5 rings (SSSR count). The molecular formula is C33H43F2NO8S. The molecule has 3 saturated carbocycles. The molecule has 248 valence electrons. The third-order valence-corrected chi connectivity index (χ3v) is 12.8. The Morgan fingerprint density at radius 2 is 1.80 bits per heavy atom. The highest BCUT2D eigenvalue weighted by molar-refractivity contribution is 7.89. The van der Waals surface area contributed by atoms with E-state index < -0.39 is 74.2 Å². The maximum Gasteiger partial charge on any atom is 0.302 e. The fourth-order valence-electron chi connectivity index (χ4n) is 8.72. The van der Waals surface area contributed by atoms with Crippen molar-refractivity contribution < 1.29 is 46.5 Å². The molecule has 0 radical (unpaired) electrons. The van der Waals surface area contributed by atoms with Gasteiger partial charge in [-0.25, -0.2) is 17.2 Å². The minimum absolute atomic E-state index is 0.0146. The van der Waals surface area contributed by atoms with Crippen molar-refractivity contribution in [3.63, 3.8) is 0 Å². The van der Waals surface area contributed by atoms with Gasteiger partial charge in [0.2, 0.25) is 10.0 Å². The van der Waals surface area contributed by atoms with Gasteiger partial charge >= 0.3 is 5.97 Å². The summed E-state index contributed by atoms with van der Waals surface area (Å²) in [5.41, 5.74) is -6.39. The topological polar surface area (TPSA) is 138 Å². The molecule has 1 aromatic carbocycles. The van der Waals surface area contributed by atoms with Gasteiger partial charge in [0.25, 0.3) is 0 Å². The van der Waals surface area contributed by atoms with Crippen LogP contribution in [-0.4, -0.2) is 85.2 Å². The average molecular weight is 652 g/mol. The molecule has 12 heteroatoms. The van der Waals surface area contributed by atoms with Gasteiger partial charge < -0.3 is 14.9 Å². The number of alkyl halides is 2. The van der Waals surface area contributed by atoms with Gasteiger partial charge in [-0.05, 0) is 80.7 Å². The second-order valence-electron chi connectivity index (χ2n) is 13.1. The smallest absolute Gasteiger partial charge is 0.302 e. The van der Waals surface area contributed by atoms with Crippen LogP contribution < -0.4 is 0 Å². The highest BCUT2D eigenvalue weighted by Gasteiger charge is 2.75. The molecule has 8 atom stereocenters. The summed E-state index contributed by atoms with van der Waals surface area (Å²) in [5.74, 6) is -2.79. The fraction of sp³-hybridized carbons (Fsp3) is 0.606. The molecule has 2 N–H and O–H groups in total. The Morgan fingerprint density at radius 3 is 2.36 bits per heavy atom. The quantitative estimate of drug-likeness (QED) is 0.426. The highest BCUT2D eigenvalue weighted by atomic mass is 32.2. The molecule has 4 aliphatic rings. The highest BCUT2D eigenvalue weighted by Crippen LogP contribution is 2.72. The van der Waals surface area contributed by atoms with Crippen LogP contribution in [-0.2, 0) is 29.1 Å². The molecule has 0 spiro atoms. The number of nitrogens with zero attached hydrogens (tertiary/aromatic N) is 1. The number of ketones is 2. The van der Waals surface area contributed by atoms with Crippen molar-refractivity contribution in [2.45, 2.75) is 76.2 Å². The molecule has 45 heavy (non-hydrogen) atoms. The number of benzene rings is 1. The number of hydrogen-bond acceptors (Lipinski definition) is 8. The van der Waals surface area contributed by atoms with Crippen LogP contribution in [0.5, 0.6) is 0 Å². The van der Waals surface area contributed by atoms with Crippen molar-refractivity contribution in [2.24, 2.45) is 28.1 Å². The summed E-state index contributed by atoms with van der Waals surface area (Å²) in [6, 6.07) is 7.77. The number of carbonyl (C=O) groups is 3. The molecule has 0 heterocycles. The summed E-state index contributed by atoms with van der Waals surface area (Å²) < 4.78 is 65.3. The number of esters is 1. The van der Waals surface area contributed by atoms with Gasteiger partial charge in [0.15, 0.2) is 17.2 Å². The number of Topliss-reactive ketones (excluding diaryl/α,β-unsaturated/α-hetero) is 1. The molecule has 0 amide bonds. The van der Waals surface area contributed by atoms with Crippen molar-refractivity contribution in [2.75, 3.05) is 26.8 Å². The zero-order valence-electron chi connectivity index (χ0n) is 26.3. The molecular weight excluding hydrogens is 608 g/mol. The van der Waals surface area contributed by atoms with Crippen molar-refractivity contribution in [1.82, 2.24) is 4.31 Å². The molecule has 4 aliphatic carbocycles. The summed E-state index contributed by atoms with van der Waals surface area (Å²) >= 11 is 0. The van der Waals surface area contributed by atoms with E-state index in [4.69, 9.17) is 0 Å². The first-order chi connectivity index (χ1) is 21.0. The number of aliphatic hydroxyl groups excluding tert-OH is 2. The van der Waals surface area contributed by atoms with Crippen LogP contribution in [0, 0.1) is 28.1 Å². The third-order valence-electron chi connectivity index (χ3n) is 11.0. The first-order valence-electron chi connectivity index (χ1n) is 15.2. The summed E-state index contributed by atoms with van der Waals surface area (Å²) in [6.07, 6.45) is 0.463. The maximum absolute atomic E-state index is 17.4. The lowest BCUT2D eigenvalue weighted by atomic mass is 9.43. The monoisotopic (exact) mass is 651 g/mol. The SMILES string of the molecule is CCOC(C)=O.CN(C[C@]1(C(=O)CO)CCC2[C@@H]3C[C@H](F)C4=CC(=O)C=C[C@]4(C)[C@@]3(F)[C@@H](O)C[C@@]21C)S(=O)(=O)c1ccccc1. The Labute approximate surface area is 263 Å². The number of allylic oxidation sites excluding steroid dienone is 4. The first kappa shape index (κ1) is 35.1. The number of halogens is 2. The van der Waals surface area contributed by atoms with E-state index in [0.717, 1.165) is 10.4 Å². The minimum Gasteiger partial charge on any atom is -0.466 e. The summed E-state index contributed by atoms with van der Waals surface area (Å²) in [7, 11) is -2.64. The van der Waals surface area contributed by atoms with E-state index >= 15 is 8.78 Å². The van der Waals surface area contributed by atoms with Crippen molar-refractivity contribution in [1.29, 1.82) is 0 Å². The van der Waals surface area contributed by atoms with Crippen LogP contribution in [0.1, 0.15) is 53.4 Å². The largest absolute Gasteiger partial charge is 0.466 e. The van der Waals surface area contributed by atoms with Gasteiger partial charge in [-0.3, -0.25) is 14.4 Å². The van der Waals surface area contributed by atoms with Gasteiger partial charge in [-0.1, -0.05) is 31.2 Å². The number of rotatable bonds is 7. The lowest BCUT2D eigenvalue weighted by Gasteiger charge is -2.63. The lowest BCUT2D eigenvalue weighted by molar-refractivity contribution is -0.212. The number of aliphatic hydroxyl groups is 2. The number of carbonyl (C=O) groups excluding carboxylic acids is 3. The van der Waals surface area contributed by atoms with E-state index in [-0.39, 0.29) is 42.2 Å². The second-order valence-corrected chi connectivity index (χ2v) is 15.1. The Bertz CT molecular complexity index is 1500. The van der Waals surface area contributed by atoms with Crippen molar-refractivity contribution in [3.05, 3.63) is 54.1 Å². The standard InChI is InChI=1S/C29H35F2NO6S.C4H8O2/c1-26-11-9-18(34)13-22(26)23(30)14-21-20-10-12-28(25(36)16-33,27(20,2)15-24(35)29(21,26)31)17-32(3)39(37,38)19-7-5-4-6-8-19;1-3-6-4(2)5/h4-9,11,13,20-21,23-24,33,35H,10,12,14-17H2,1-3H3;3H2,1-2H3/t20?,21-,23-,24-,26-,27-,28-,29-;/m0./s1. The van der Waals surface area contributed by atoms with Crippen LogP contribution in [0.3, 0.4) is 0 Å². The predicted octanol–water partition coefficient (Wildman–Crippen LogP) is 3.74. The van der Waals surface area contributed by atoms with E-state index in [1.54, 1.807) is 32.0 Å². The van der Waals surface area contributed by atoms with Crippen LogP contribution >= 0.6 is 0 Å². The molecule has 0 bridgehead atoms. The predicted molar refractivity (Wildman–Crippen MR) is 162 cm³/mol. The molecule has 9 nitrogen and oxygen atoms in total. The Balaban J connectivity index is 0.000000700. The van der Waals surface area contributed by atoms with Crippen LogP contribution in [0.2, 0.25) is 0 Å². The zero-order chi connectivity index (χ0) is 33.6. The van der Waals surface area contributed by atoms with Gasteiger partial charge in [-0.15, -0.1) is 0 Å². The van der Waals surface area contributed by atoms with Crippen LogP contribution in [0.15, 0.2) is 59.0 Å². The number of ether oxygens (including phenoxy) is 1. The molecule has 1 unspecified atom stereocenters. The summed E-state index contributed by atoms with van der Waals surface area (Å²) in [6.45, 7) is 5.79. The molecule has 1 aromatic rings. The first-order valence-corrected chi connectivity index (χ1v) is 16.7. The van der Waals surface area contributed by atoms with Crippen LogP contribution in [0.25, 0.3) is 0 Å². The third kappa shape index (κ3) is 5.41. The summed E-state index contributed by atoms with van der Waals surface area (Å²) in [5, 5.41) is 21.6. The fourth-order valence-corrected chi connectivity index (χ4v) is 9.97. The van der Waals surface area contributed by atoms with E-state index in [1.165, 1.54) is 45.2 Å². The van der Waals surface area contributed by atoms with Gasteiger partial charge in [0.1, 0.15) is 12.8 Å². The van der Waals surface area contributed by atoms with Crippen molar-refractivity contribution in [3.8, 4) is 0 Å². The Morgan fingerprint density at radius 1 is 1.16 bits per heavy atom. The molecule has 0 aromatic heterocycles. The number of fused-ring (bicyclic) bond motifs is 5. The van der Waals surface area contributed by atoms with Gasteiger partial charge in [0.05, 0.1) is 23.0 Å². The number of sulfonamides is 1. The lowest BCUT2D eigenvalue weighted by Crippen LogP contribution is -2.70. The normalized spacial score (nSPS) is 37.0. The van der Waals surface area contributed by atoms with E-state index in [1.807, 2.05) is 0 Å². The molecule has 3 fully saturated rings. The average Bonchev–Trinajstić information content (AvgIpc) is 3.27. The summed E-state index contributed by atoms with van der Waals surface area (Å²) in [4.78, 5) is 35.5. The van der Waals surface area contributed by atoms with Gasteiger partial charge in [-0.2, -0.15) is 4.31 Å². The Hall–Kier alpha value is -2.80. The Kier molecular flexibility index (Phi) is 9.68. The zero-order valence-corrected chi connectivity index (χ0v) is 27.1. The number of hydrogen-bond donors (Lipinski definition) is 2. The maximum atomic E-state index is 17.4. The van der Waals surface area contributed by atoms with Gasteiger partial charge in [0, 0.05) is 31.8 Å². The van der Waals surface area contributed by atoms with E-state index in [9.17, 15) is 33.0 Å². The minimum atomic E-state index is -4.01. The van der Waals surface area contributed by atoms with E-state index in [2.05, 4.69) is 4.74 Å². The van der Waals surface area contributed by atoms with Crippen LogP contribution in [0.4, 0.5) is 8.78 Å². The van der Waals surface area contributed by atoms with E-state index in [0.29, 0.717) is 13.0 Å². The van der Waals surface area contributed by atoms with Crippen molar-refractivity contribution >= 4 is 27.6 Å². The molecule has 0 saturated heterocycles. The molecule has 0 aliphatic heterocycles. The second kappa shape index (κ2) is 12.4.